The van der Waals surface area contributed by atoms with Gasteiger partial charge in [0.15, 0.2) is 0 Å². The van der Waals surface area contributed by atoms with E-state index in [2.05, 4.69) is 5.32 Å². The van der Waals surface area contributed by atoms with E-state index in [9.17, 15) is 14.0 Å². The van der Waals surface area contributed by atoms with Crippen LogP contribution in [0.25, 0.3) is 0 Å². The quantitative estimate of drug-likeness (QED) is 0.848. The molecule has 1 saturated heterocycles. The second-order valence-electron chi connectivity index (χ2n) is 5.71. The van der Waals surface area contributed by atoms with Crippen molar-refractivity contribution in [1.29, 1.82) is 0 Å². The number of urea groups is 1. The van der Waals surface area contributed by atoms with Gasteiger partial charge in [0.2, 0.25) is 0 Å². The van der Waals surface area contributed by atoms with E-state index in [1.807, 2.05) is 25.1 Å². The summed E-state index contributed by atoms with van der Waals surface area (Å²) < 4.78 is 14.2. The van der Waals surface area contributed by atoms with Gasteiger partial charge in [-0.25, -0.2) is 9.18 Å². The Balaban J connectivity index is 2.36. The van der Waals surface area contributed by atoms with Gasteiger partial charge in [-0.05, 0) is 25.3 Å². The second-order valence-corrected chi connectivity index (χ2v) is 5.71. The van der Waals surface area contributed by atoms with E-state index >= 15 is 0 Å². The van der Waals surface area contributed by atoms with Gasteiger partial charge in [-0.2, -0.15) is 0 Å². The summed E-state index contributed by atoms with van der Waals surface area (Å²) in [4.78, 5) is 25.9. The van der Waals surface area contributed by atoms with E-state index in [-0.39, 0.29) is 18.9 Å². The lowest BCUT2D eigenvalue weighted by molar-refractivity contribution is -0.133. The summed E-state index contributed by atoms with van der Waals surface area (Å²) in [5, 5.41) is 2.75. The molecule has 0 saturated carbocycles. The first kappa shape index (κ1) is 15.5. The number of carbonyl (C=O) groups is 2. The highest BCUT2D eigenvalue weighted by molar-refractivity contribution is 6.07. The van der Waals surface area contributed by atoms with Crippen molar-refractivity contribution in [3.63, 3.8) is 0 Å². The molecule has 1 fully saturated rings. The van der Waals surface area contributed by atoms with Crippen molar-refractivity contribution >= 4 is 11.9 Å². The SMILES string of the molecule is CCC1(c2ccccc2)NC(=O)N(C[C@@](C)(F)CC)C1=O. The van der Waals surface area contributed by atoms with Crippen LogP contribution in [0, 0.1) is 0 Å². The molecule has 1 unspecified atom stereocenters. The third kappa shape index (κ3) is 2.64. The molecule has 0 aliphatic carbocycles. The van der Waals surface area contributed by atoms with Gasteiger partial charge in [-0.3, -0.25) is 9.69 Å². The topological polar surface area (TPSA) is 49.4 Å². The predicted octanol–water partition coefficient (Wildman–Crippen LogP) is 2.98. The maximum atomic E-state index is 14.2. The molecular formula is C16H21FN2O2. The van der Waals surface area contributed by atoms with Crippen molar-refractivity contribution in [3.05, 3.63) is 35.9 Å². The third-order valence-electron chi connectivity index (χ3n) is 4.20. The van der Waals surface area contributed by atoms with Crippen LogP contribution in [0.4, 0.5) is 9.18 Å². The number of amides is 3. The van der Waals surface area contributed by atoms with Crippen LogP contribution in [-0.2, 0) is 10.3 Å². The molecule has 0 radical (unpaired) electrons. The monoisotopic (exact) mass is 292 g/mol. The largest absolute Gasteiger partial charge is 0.325 e. The molecule has 114 valence electrons. The van der Waals surface area contributed by atoms with E-state index in [0.29, 0.717) is 6.42 Å². The van der Waals surface area contributed by atoms with Gasteiger partial charge in [-0.15, -0.1) is 0 Å². The number of hydrogen-bond donors (Lipinski definition) is 1. The Bertz CT molecular complexity index is 544. The van der Waals surface area contributed by atoms with Crippen LogP contribution in [-0.4, -0.2) is 29.1 Å². The lowest BCUT2D eigenvalue weighted by Gasteiger charge is -2.27. The molecule has 21 heavy (non-hydrogen) atoms. The molecule has 1 aliphatic heterocycles. The molecule has 0 aromatic heterocycles. The number of carbonyl (C=O) groups excluding carboxylic acids is 2. The molecule has 0 spiro atoms. The Kier molecular flexibility index (Phi) is 4.03. The van der Waals surface area contributed by atoms with Crippen LogP contribution in [0.2, 0.25) is 0 Å². The summed E-state index contributed by atoms with van der Waals surface area (Å²) in [5.41, 5.74) is -1.93. The first-order valence-corrected chi connectivity index (χ1v) is 7.25. The van der Waals surface area contributed by atoms with E-state index in [0.717, 1.165) is 10.5 Å². The van der Waals surface area contributed by atoms with E-state index in [1.165, 1.54) is 6.92 Å². The molecule has 4 nitrogen and oxygen atoms in total. The van der Waals surface area contributed by atoms with E-state index in [4.69, 9.17) is 0 Å². The standard InChI is InChI=1S/C16H21FN2O2/c1-4-15(3,17)11-19-13(20)16(5-2,18-14(19)21)12-9-7-6-8-10-12/h6-10H,4-5,11H2,1-3H3,(H,18,21)/t15-,16?/m0/s1. The van der Waals surface area contributed by atoms with Gasteiger partial charge in [0.1, 0.15) is 11.2 Å². The zero-order valence-electron chi connectivity index (χ0n) is 12.6. The smallest absolute Gasteiger partial charge is 0.319 e. The first-order valence-electron chi connectivity index (χ1n) is 7.25. The van der Waals surface area contributed by atoms with Gasteiger partial charge in [0.05, 0.1) is 6.54 Å². The molecule has 2 rings (SSSR count). The van der Waals surface area contributed by atoms with Crippen molar-refractivity contribution in [2.45, 2.75) is 44.8 Å². The Morgan fingerprint density at radius 3 is 2.38 bits per heavy atom. The van der Waals surface area contributed by atoms with E-state index in [1.54, 1.807) is 19.1 Å². The maximum Gasteiger partial charge on any atom is 0.325 e. The van der Waals surface area contributed by atoms with Crippen molar-refractivity contribution in [2.75, 3.05) is 6.54 Å². The summed E-state index contributed by atoms with van der Waals surface area (Å²) in [6.45, 7) is 4.72. The van der Waals surface area contributed by atoms with Gasteiger partial charge in [-0.1, -0.05) is 44.2 Å². The Morgan fingerprint density at radius 2 is 1.86 bits per heavy atom. The van der Waals surface area contributed by atoms with Crippen LogP contribution in [0.15, 0.2) is 30.3 Å². The molecule has 0 bridgehead atoms. The number of hydrogen-bond acceptors (Lipinski definition) is 2. The van der Waals surface area contributed by atoms with Crippen LogP contribution >= 0.6 is 0 Å². The summed E-state index contributed by atoms with van der Waals surface area (Å²) in [5.74, 6) is -0.376. The number of alkyl halides is 1. The number of nitrogens with one attached hydrogen (secondary N) is 1. The minimum Gasteiger partial charge on any atom is -0.319 e. The minimum atomic E-state index is -1.58. The molecule has 3 amide bonds. The van der Waals surface area contributed by atoms with Crippen molar-refractivity contribution < 1.29 is 14.0 Å². The highest BCUT2D eigenvalue weighted by Crippen LogP contribution is 2.33. The zero-order valence-corrected chi connectivity index (χ0v) is 12.6. The van der Waals surface area contributed by atoms with Crippen molar-refractivity contribution in [1.82, 2.24) is 10.2 Å². The summed E-state index contributed by atoms with van der Waals surface area (Å²) >= 11 is 0. The average Bonchev–Trinajstić information content (AvgIpc) is 2.73. The normalized spacial score (nSPS) is 24.9. The van der Waals surface area contributed by atoms with Crippen LogP contribution < -0.4 is 5.32 Å². The fourth-order valence-corrected chi connectivity index (χ4v) is 2.57. The summed E-state index contributed by atoms with van der Waals surface area (Å²) in [6, 6.07) is 8.57. The van der Waals surface area contributed by atoms with E-state index < -0.39 is 17.2 Å². The third-order valence-corrected chi connectivity index (χ3v) is 4.20. The van der Waals surface area contributed by atoms with Crippen LogP contribution in [0.3, 0.4) is 0 Å². The Hall–Kier alpha value is -1.91. The van der Waals surface area contributed by atoms with Crippen LogP contribution in [0.1, 0.15) is 39.2 Å². The molecule has 2 atom stereocenters. The molecule has 1 aliphatic rings. The predicted molar refractivity (Wildman–Crippen MR) is 78.5 cm³/mol. The molecule has 5 heteroatoms. The molecule has 1 aromatic rings. The minimum absolute atomic E-state index is 0.219. The zero-order chi connectivity index (χ0) is 15.7. The van der Waals surface area contributed by atoms with Crippen molar-refractivity contribution in [3.8, 4) is 0 Å². The number of rotatable bonds is 5. The van der Waals surface area contributed by atoms with Crippen molar-refractivity contribution in [2.24, 2.45) is 0 Å². The van der Waals surface area contributed by atoms with Crippen LogP contribution in [0.5, 0.6) is 0 Å². The lowest BCUT2D eigenvalue weighted by Crippen LogP contribution is -2.45. The second kappa shape index (κ2) is 5.47. The number of benzene rings is 1. The lowest BCUT2D eigenvalue weighted by atomic mass is 9.87. The first-order chi connectivity index (χ1) is 9.86. The van der Waals surface area contributed by atoms with Gasteiger partial charge >= 0.3 is 6.03 Å². The highest BCUT2D eigenvalue weighted by Gasteiger charge is 2.52. The molecule has 1 heterocycles. The summed E-state index contributed by atoms with van der Waals surface area (Å²) in [6.07, 6.45) is 0.668. The fraction of sp³-hybridized carbons (Fsp3) is 0.500. The number of halogens is 1. The summed E-state index contributed by atoms with van der Waals surface area (Å²) in [7, 11) is 0. The van der Waals surface area contributed by atoms with Gasteiger partial charge in [0, 0.05) is 0 Å². The Labute approximate surface area is 124 Å². The highest BCUT2D eigenvalue weighted by atomic mass is 19.1. The molecule has 1 N–H and O–H groups in total. The number of nitrogens with zero attached hydrogens (tertiary/aromatic N) is 1. The molecule has 1 aromatic carbocycles. The Morgan fingerprint density at radius 1 is 1.24 bits per heavy atom. The number of imide groups is 1. The molecular weight excluding hydrogens is 271 g/mol. The van der Waals surface area contributed by atoms with Gasteiger partial charge < -0.3 is 5.32 Å². The average molecular weight is 292 g/mol. The fourth-order valence-electron chi connectivity index (χ4n) is 2.57. The maximum absolute atomic E-state index is 14.2. The van der Waals surface area contributed by atoms with Gasteiger partial charge in [0.25, 0.3) is 5.91 Å².